The first-order valence-electron chi connectivity index (χ1n) is 13.0. The zero-order valence-corrected chi connectivity index (χ0v) is 23.1. The smallest absolute Gasteiger partial charge is 0.408 e. The van der Waals surface area contributed by atoms with Crippen LogP contribution in [0.4, 0.5) is 10.5 Å². The quantitative estimate of drug-likeness (QED) is 0.398. The number of hydrogen-bond donors (Lipinski definition) is 3. The number of carbonyl (C=O) groups is 4. The van der Waals surface area contributed by atoms with Gasteiger partial charge in [0, 0.05) is 18.2 Å². The van der Waals surface area contributed by atoms with Crippen LogP contribution in [-0.2, 0) is 19.1 Å². The molecule has 0 bridgehead atoms. The standard InChI is InChI=1S/C29H38N4O6/c1-18-17-23(18)33(27(36)22(15-16-24(30)34)32-28(37)39-29(2,3)4)25(19-9-7-6-8-10-19)26(35)31-20-11-13-21(38-5)14-12-20/h6-14,18,22-23,25H,15-17H2,1-5H3,(H2,30,34)(H,31,35)(H,32,37). The highest BCUT2D eigenvalue weighted by molar-refractivity contribution is 5.99. The van der Waals surface area contributed by atoms with Crippen LogP contribution in [0.25, 0.3) is 0 Å². The molecule has 1 fully saturated rings. The van der Waals surface area contributed by atoms with E-state index < -0.39 is 41.5 Å². The van der Waals surface area contributed by atoms with Crippen molar-refractivity contribution in [3.63, 3.8) is 0 Å². The van der Waals surface area contributed by atoms with Crippen LogP contribution >= 0.6 is 0 Å². The molecule has 2 aromatic rings. The molecular formula is C29H38N4O6. The molecule has 0 saturated heterocycles. The summed E-state index contributed by atoms with van der Waals surface area (Å²) in [7, 11) is 1.55. The number of primary amides is 1. The van der Waals surface area contributed by atoms with Crippen molar-refractivity contribution in [1.29, 1.82) is 0 Å². The fourth-order valence-electron chi connectivity index (χ4n) is 4.30. The molecule has 1 aliphatic carbocycles. The number of hydrogen-bond acceptors (Lipinski definition) is 6. The van der Waals surface area contributed by atoms with E-state index in [1.807, 2.05) is 13.0 Å². The molecule has 10 heteroatoms. The number of ether oxygens (including phenoxy) is 2. The van der Waals surface area contributed by atoms with E-state index in [-0.39, 0.29) is 24.8 Å². The Hall–Kier alpha value is -4.08. The number of nitrogens with two attached hydrogens (primary N) is 1. The number of anilines is 1. The second-order valence-electron chi connectivity index (χ2n) is 10.8. The SMILES string of the molecule is COc1ccc(NC(=O)C(c2ccccc2)N(C(=O)C(CCC(N)=O)NC(=O)OC(C)(C)C)C2CC2C)cc1. The largest absolute Gasteiger partial charge is 0.497 e. The number of benzene rings is 2. The number of nitrogens with zero attached hydrogens (tertiary/aromatic N) is 1. The lowest BCUT2D eigenvalue weighted by molar-refractivity contribution is -0.142. The van der Waals surface area contributed by atoms with Crippen molar-refractivity contribution >= 4 is 29.5 Å². The maximum atomic E-state index is 14.1. The highest BCUT2D eigenvalue weighted by Crippen LogP contribution is 2.41. The summed E-state index contributed by atoms with van der Waals surface area (Å²) in [5.74, 6) is -0.726. The highest BCUT2D eigenvalue weighted by Gasteiger charge is 2.48. The van der Waals surface area contributed by atoms with Crippen LogP contribution in [0.15, 0.2) is 54.6 Å². The van der Waals surface area contributed by atoms with Gasteiger partial charge in [-0.15, -0.1) is 0 Å². The molecule has 2 aromatic carbocycles. The first kappa shape index (κ1) is 29.5. The number of methoxy groups -OCH3 is 1. The van der Waals surface area contributed by atoms with Gasteiger partial charge in [-0.3, -0.25) is 14.4 Å². The summed E-state index contributed by atoms with van der Waals surface area (Å²) in [5, 5.41) is 5.52. The van der Waals surface area contributed by atoms with Crippen LogP contribution in [0.2, 0.25) is 0 Å². The Balaban J connectivity index is 1.97. The van der Waals surface area contributed by atoms with Crippen molar-refractivity contribution in [3.05, 3.63) is 60.2 Å². The third-order valence-electron chi connectivity index (χ3n) is 6.35. The minimum atomic E-state index is -1.12. The molecule has 4 N–H and O–H groups in total. The summed E-state index contributed by atoms with van der Waals surface area (Å²) in [6.07, 6.45) is -0.270. The van der Waals surface area contributed by atoms with Crippen LogP contribution in [0.1, 0.15) is 58.6 Å². The fourth-order valence-corrected chi connectivity index (χ4v) is 4.30. The van der Waals surface area contributed by atoms with Crippen molar-refractivity contribution in [1.82, 2.24) is 10.2 Å². The maximum absolute atomic E-state index is 14.1. The van der Waals surface area contributed by atoms with Crippen molar-refractivity contribution in [2.24, 2.45) is 11.7 Å². The molecule has 0 aliphatic heterocycles. The van der Waals surface area contributed by atoms with Crippen LogP contribution in [0.3, 0.4) is 0 Å². The van der Waals surface area contributed by atoms with E-state index in [2.05, 4.69) is 10.6 Å². The van der Waals surface area contributed by atoms with Crippen LogP contribution in [-0.4, -0.2) is 53.5 Å². The zero-order chi connectivity index (χ0) is 28.7. The number of nitrogens with one attached hydrogen (secondary N) is 2. The molecule has 10 nitrogen and oxygen atoms in total. The Morgan fingerprint density at radius 3 is 2.18 bits per heavy atom. The molecule has 0 radical (unpaired) electrons. The topological polar surface area (TPSA) is 140 Å². The minimum absolute atomic E-state index is 0.0351. The Morgan fingerprint density at radius 1 is 1.05 bits per heavy atom. The number of alkyl carbamates (subject to hydrolysis) is 1. The fraction of sp³-hybridized carbons (Fsp3) is 0.448. The molecule has 0 spiro atoms. The number of carbonyl (C=O) groups excluding carboxylic acids is 4. The van der Waals surface area contributed by atoms with Crippen LogP contribution < -0.4 is 21.1 Å². The van der Waals surface area contributed by atoms with Crippen molar-refractivity contribution in [3.8, 4) is 5.75 Å². The molecule has 39 heavy (non-hydrogen) atoms. The van der Waals surface area contributed by atoms with Gasteiger partial charge in [0.15, 0.2) is 0 Å². The minimum Gasteiger partial charge on any atom is -0.497 e. The number of rotatable bonds is 11. The highest BCUT2D eigenvalue weighted by atomic mass is 16.6. The van der Waals surface area contributed by atoms with Crippen molar-refractivity contribution < 1.29 is 28.7 Å². The van der Waals surface area contributed by atoms with Gasteiger partial charge in [-0.25, -0.2) is 4.79 Å². The van der Waals surface area contributed by atoms with Crippen molar-refractivity contribution in [2.45, 2.75) is 70.7 Å². The predicted molar refractivity (Wildman–Crippen MR) is 147 cm³/mol. The summed E-state index contributed by atoms with van der Waals surface area (Å²) < 4.78 is 10.6. The summed E-state index contributed by atoms with van der Waals surface area (Å²) >= 11 is 0. The second kappa shape index (κ2) is 12.6. The monoisotopic (exact) mass is 538 g/mol. The Kier molecular flexibility index (Phi) is 9.56. The van der Waals surface area contributed by atoms with Crippen molar-refractivity contribution in [2.75, 3.05) is 12.4 Å². The lowest BCUT2D eigenvalue weighted by atomic mass is 10.0. The van der Waals surface area contributed by atoms with E-state index in [0.29, 0.717) is 23.4 Å². The molecule has 1 saturated carbocycles. The van der Waals surface area contributed by atoms with Gasteiger partial charge in [0.05, 0.1) is 7.11 Å². The lowest BCUT2D eigenvalue weighted by Gasteiger charge is -2.35. The lowest BCUT2D eigenvalue weighted by Crippen LogP contribution is -2.53. The van der Waals surface area contributed by atoms with Gasteiger partial charge in [-0.05, 0) is 69.4 Å². The summed E-state index contributed by atoms with van der Waals surface area (Å²) in [5.41, 5.74) is 5.72. The van der Waals surface area contributed by atoms with Gasteiger partial charge in [0.25, 0.3) is 5.91 Å². The Bertz CT molecular complexity index is 1160. The Labute approximate surface area is 229 Å². The third-order valence-corrected chi connectivity index (χ3v) is 6.35. The van der Waals surface area contributed by atoms with Gasteiger partial charge in [-0.2, -0.15) is 0 Å². The van der Waals surface area contributed by atoms with Crippen LogP contribution in [0.5, 0.6) is 5.75 Å². The maximum Gasteiger partial charge on any atom is 0.408 e. The molecule has 0 heterocycles. The molecule has 4 unspecified atom stereocenters. The van der Waals surface area contributed by atoms with Gasteiger partial charge in [0.2, 0.25) is 11.8 Å². The van der Waals surface area contributed by atoms with Gasteiger partial charge in [-0.1, -0.05) is 37.3 Å². The van der Waals surface area contributed by atoms with Gasteiger partial charge < -0.3 is 30.7 Å². The molecule has 1 aliphatic rings. The van der Waals surface area contributed by atoms with E-state index in [1.54, 1.807) is 76.4 Å². The summed E-state index contributed by atoms with van der Waals surface area (Å²) in [6.45, 7) is 7.12. The average Bonchev–Trinajstić information content (AvgIpc) is 3.59. The Morgan fingerprint density at radius 2 is 1.67 bits per heavy atom. The predicted octanol–water partition coefficient (Wildman–Crippen LogP) is 3.77. The van der Waals surface area contributed by atoms with Gasteiger partial charge >= 0.3 is 6.09 Å². The van der Waals surface area contributed by atoms with E-state index >= 15 is 0 Å². The van der Waals surface area contributed by atoms with Gasteiger partial charge in [0.1, 0.15) is 23.4 Å². The summed E-state index contributed by atoms with van der Waals surface area (Å²) in [6, 6.07) is 13.5. The second-order valence-corrected chi connectivity index (χ2v) is 10.8. The summed E-state index contributed by atoms with van der Waals surface area (Å²) in [4.78, 5) is 53.8. The molecule has 4 amide bonds. The normalized spacial score (nSPS) is 17.8. The first-order chi connectivity index (χ1) is 18.4. The average molecular weight is 539 g/mol. The molecule has 4 atom stereocenters. The molecule has 0 aromatic heterocycles. The molecule has 210 valence electrons. The van der Waals surface area contributed by atoms with E-state index in [0.717, 1.165) is 0 Å². The number of amides is 4. The zero-order valence-electron chi connectivity index (χ0n) is 23.1. The van der Waals surface area contributed by atoms with E-state index in [4.69, 9.17) is 15.2 Å². The van der Waals surface area contributed by atoms with E-state index in [1.165, 1.54) is 4.90 Å². The van der Waals surface area contributed by atoms with E-state index in [9.17, 15) is 19.2 Å². The molecular weight excluding hydrogens is 500 g/mol. The molecule has 3 rings (SSSR count). The van der Waals surface area contributed by atoms with Crippen LogP contribution in [0, 0.1) is 5.92 Å². The first-order valence-corrected chi connectivity index (χ1v) is 13.0. The third kappa shape index (κ3) is 8.46.